The number of carbonyl (C=O) groups is 1. The molecule has 0 bridgehead atoms. The van der Waals surface area contributed by atoms with Gasteiger partial charge in [-0.05, 0) is 11.6 Å². The minimum Gasteiger partial charge on any atom is -0.394 e. The Kier molecular flexibility index (Phi) is 5.73. The standard InChI is InChI=1S/C18H19N3O6S/c22-13-15-11-19(12-18(23)20(15)10-14-6-2-1-3-7-14)28(26,27)17-9-5-4-8-16(17)21(24)25/h1-9,15,22H,10-13H2. The first kappa shape index (κ1) is 19.9. The Hall–Kier alpha value is -2.82. The molecule has 1 unspecified atom stereocenters. The third kappa shape index (κ3) is 3.88. The average Bonchev–Trinajstić information content (AvgIpc) is 2.70. The van der Waals surface area contributed by atoms with Crippen molar-refractivity contribution in [2.24, 2.45) is 0 Å². The Morgan fingerprint density at radius 3 is 2.39 bits per heavy atom. The summed E-state index contributed by atoms with van der Waals surface area (Å²) in [5, 5.41) is 20.9. The molecular weight excluding hydrogens is 386 g/mol. The van der Waals surface area contributed by atoms with Crippen LogP contribution in [0.3, 0.4) is 0 Å². The lowest BCUT2D eigenvalue weighted by molar-refractivity contribution is -0.387. The summed E-state index contributed by atoms with van der Waals surface area (Å²) in [6.45, 7) is -0.785. The van der Waals surface area contributed by atoms with Gasteiger partial charge in [0, 0.05) is 19.2 Å². The number of aliphatic hydroxyl groups is 1. The van der Waals surface area contributed by atoms with E-state index in [0.29, 0.717) is 0 Å². The first-order valence-electron chi connectivity index (χ1n) is 8.52. The molecule has 1 fully saturated rings. The Morgan fingerprint density at radius 2 is 1.75 bits per heavy atom. The summed E-state index contributed by atoms with van der Waals surface area (Å²) < 4.78 is 26.8. The number of nitro groups is 1. The summed E-state index contributed by atoms with van der Waals surface area (Å²) in [4.78, 5) is 24.0. The van der Waals surface area contributed by atoms with Crippen LogP contribution < -0.4 is 0 Å². The number of aliphatic hydroxyl groups excluding tert-OH is 1. The van der Waals surface area contributed by atoms with Crippen molar-refractivity contribution >= 4 is 21.6 Å². The molecule has 0 saturated carbocycles. The van der Waals surface area contributed by atoms with Crippen LogP contribution in [0.4, 0.5) is 5.69 Å². The van der Waals surface area contributed by atoms with Gasteiger partial charge >= 0.3 is 0 Å². The van der Waals surface area contributed by atoms with E-state index in [2.05, 4.69) is 0 Å². The molecule has 9 nitrogen and oxygen atoms in total. The van der Waals surface area contributed by atoms with Crippen LogP contribution >= 0.6 is 0 Å². The Labute approximate surface area is 162 Å². The average molecular weight is 405 g/mol. The predicted octanol–water partition coefficient (Wildman–Crippen LogP) is 0.989. The highest BCUT2D eigenvalue weighted by Gasteiger charge is 2.40. The van der Waals surface area contributed by atoms with Crippen LogP contribution in [0.2, 0.25) is 0 Å². The summed E-state index contributed by atoms with van der Waals surface area (Å²) in [5.74, 6) is -0.476. The third-order valence-corrected chi connectivity index (χ3v) is 6.43. The topological polar surface area (TPSA) is 121 Å². The monoisotopic (exact) mass is 405 g/mol. The van der Waals surface area contributed by atoms with Crippen molar-refractivity contribution in [3.63, 3.8) is 0 Å². The second kappa shape index (κ2) is 8.05. The van der Waals surface area contributed by atoms with Crippen molar-refractivity contribution in [2.45, 2.75) is 17.5 Å². The largest absolute Gasteiger partial charge is 0.394 e. The first-order valence-corrected chi connectivity index (χ1v) is 9.96. The zero-order valence-corrected chi connectivity index (χ0v) is 15.7. The maximum Gasteiger partial charge on any atom is 0.289 e. The summed E-state index contributed by atoms with van der Waals surface area (Å²) in [6, 6.07) is 13.4. The van der Waals surface area contributed by atoms with E-state index in [1.165, 1.54) is 17.0 Å². The highest BCUT2D eigenvalue weighted by molar-refractivity contribution is 7.89. The minimum atomic E-state index is -4.28. The molecule has 3 rings (SSSR count). The number of carbonyl (C=O) groups excluding carboxylic acids is 1. The summed E-state index contributed by atoms with van der Waals surface area (Å²) in [7, 11) is -4.28. The molecule has 2 aromatic rings. The van der Waals surface area contributed by atoms with Crippen LogP contribution in [0, 0.1) is 10.1 Å². The molecule has 148 valence electrons. The molecule has 1 N–H and O–H groups in total. The predicted molar refractivity (Wildman–Crippen MR) is 99.7 cm³/mol. The molecule has 0 radical (unpaired) electrons. The Bertz CT molecular complexity index is 980. The second-order valence-corrected chi connectivity index (χ2v) is 8.27. The van der Waals surface area contributed by atoms with Crippen molar-refractivity contribution in [3.8, 4) is 0 Å². The van der Waals surface area contributed by atoms with Gasteiger partial charge in [-0.25, -0.2) is 8.42 Å². The molecule has 1 saturated heterocycles. The van der Waals surface area contributed by atoms with Crippen LogP contribution in [0.5, 0.6) is 0 Å². The molecule has 28 heavy (non-hydrogen) atoms. The van der Waals surface area contributed by atoms with E-state index in [0.717, 1.165) is 22.0 Å². The van der Waals surface area contributed by atoms with E-state index in [1.54, 1.807) is 0 Å². The molecule has 0 spiro atoms. The number of benzene rings is 2. The van der Waals surface area contributed by atoms with Gasteiger partial charge in [0.25, 0.3) is 5.69 Å². The minimum absolute atomic E-state index is 0.149. The van der Waals surface area contributed by atoms with Crippen molar-refractivity contribution in [2.75, 3.05) is 19.7 Å². The van der Waals surface area contributed by atoms with Crippen LogP contribution in [0.1, 0.15) is 5.56 Å². The summed E-state index contributed by atoms with van der Waals surface area (Å²) >= 11 is 0. The van der Waals surface area contributed by atoms with Gasteiger partial charge in [0.2, 0.25) is 15.9 Å². The number of amides is 1. The van der Waals surface area contributed by atoms with E-state index >= 15 is 0 Å². The third-order valence-electron chi connectivity index (χ3n) is 4.57. The lowest BCUT2D eigenvalue weighted by Gasteiger charge is -2.39. The lowest BCUT2D eigenvalue weighted by Crippen LogP contribution is -2.58. The van der Waals surface area contributed by atoms with Crippen molar-refractivity contribution in [3.05, 3.63) is 70.3 Å². The molecule has 2 aromatic carbocycles. The number of hydrogen-bond donors (Lipinski definition) is 1. The molecule has 0 aromatic heterocycles. The normalized spacial score (nSPS) is 18.2. The SMILES string of the molecule is O=C1CN(S(=O)(=O)c2ccccc2[N+](=O)[O-])CC(CO)N1Cc1ccccc1. The Morgan fingerprint density at radius 1 is 1.11 bits per heavy atom. The molecule has 1 atom stereocenters. The quantitative estimate of drug-likeness (QED) is 0.565. The fraction of sp³-hybridized carbons (Fsp3) is 0.278. The van der Waals surface area contributed by atoms with Crippen molar-refractivity contribution in [1.82, 2.24) is 9.21 Å². The van der Waals surface area contributed by atoms with Crippen LogP contribution in [0.25, 0.3) is 0 Å². The second-order valence-electron chi connectivity index (χ2n) is 6.37. The van der Waals surface area contributed by atoms with E-state index in [1.807, 2.05) is 30.3 Å². The number of nitro benzene ring substituents is 1. The van der Waals surface area contributed by atoms with Gasteiger partial charge < -0.3 is 10.0 Å². The number of hydrogen-bond acceptors (Lipinski definition) is 6. The summed E-state index contributed by atoms with van der Waals surface area (Å²) in [5.41, 5.74) is 0.298. The lowest BCUT2D eigenvalue weighted by atomic mass is 10.1. The maximum atomic E-state index is 13.0. The zero-order valence-electron chi connectivity index (χ0n) is 14.8. The van der Waals surface area contributed by atoms with Gasteiger partial charge in [0.05, 0.1) is 24.1 Å². The van der Waals surface area contributed by atoms with Gasteiger partial charge in [-0.1, -0.05) is 42.5 Å². The molecule has 1 heterocycles. The highest BCUT2D eigenvalue weighted by atomic mass is 32.2. The van der Waals surface area contributed by atoms with Crippen molar-refractivity contribution < 1.29 is 23.2 Å². The van der Waals surface area contributed by atoms with Crippen LogP contribution in [0.15, 0.2) is 59.5 Å². The van der Waals surface area contributed by atoms with Gasteiger partial charge in [-0.3, -0.25) is 14.9 Å². The smallest absolute Gasteiger partial charge is 0.289 e. The fourth-order valence-corrected chi connectivity index (χ4v) is 4.73. The highest BCUT2D eigenvalue weighted by Crippen LogP contribution is 2.28. The fourth-order valence-electron chi connectivity index (χ4n) is 3.15. The summed E-state index contributed by atoms with van der Waals surface area (Å²) in [6.07, 6.45) is 0. The number of rotatable bonds is 6. The number of piperazine rings is 1. The molecule has 10 heteroatoms. The van der Waals surface area contributed by atoms with Crippen LogP contribution in [-0.4, -0.2) is 59.3 Å². The van der Waals surface area contributed by atoms with E-state index < -0.39 is 50.6 Å². The number of nitrogens with zero attached hydrogens (tertiary/aromatic N) is 3. The van der Waals surface area contributed by atoms with E-state index in [-0.39, 0.29) is 13.1 Å². The van der Waals surface area contributed by atoms with Gasteiger partial charge in [0.15, 0.2) is 4.90 Å². The number of sulfonamides is 1. The van der Waals surface area contributed by atoms with E-state index in [9.17, 15) is 28.4 Å². The molecule has 1 amide bonds. The first-order chi connectivity index (χ1) is 13.3. The van der Waals surface area contributed by atoms with Crippen molar-refractivity contribution in [1.29, 1.82) is 0 Å². The zero-order chi connectivity index (χ0) is 20.3. The van der Waals surface area contributed by atoms with Crippen LogP contribution in [-0.2, 0) is 21.4 Å². The molecule has 1 aliphatic heterocycles. The van der Waals surface area contributed by atoms with Gasteiger partial charge in [-0.15, -0.1) is 0 Å². The van der Waals surface area contributed by atoms with Gasteiger partial charge in [0.1, 0.15) is 0 Å². The molecular formula is C18H19N3O6S. The molecule has 0 aliphatic carbocycles. The maximum absolute atomic E-state index is 13.0. The number of para-hydroxylation sites is 1. The van der Waals surface area contributed by atoms with E-state index in [4.69, 9.17) is 0 Å². The van der Waals surface area contributed by atoms with Gasteiger partial charge in [-0.2, -0.15) is 4.31 Å². The Balaban J connectivity index is 1.88. The molecule has 1 aliphatic rings.